The van der Waals surface area contributed by atoms with Crippen molar-refractivity contribution in [3.05, 3.63) is 68.2 Å². The predicted molar refractivity (Wildman–Crippen MR) is 96.5 cm³/mol. The van der Waals surface area contributed by atoms with E-state index in [2.05, 4.69) is 15.8 Å². The molecule has 0 bridgehead atoms. The van der Waals surface area contributed by atoms with Crippen LogP contribution < -0.4 is 10.7 Å². The third-order valence-electron chi connectivity index (χ3n) is 2.70. The maximum absolute atomic E-state index is 10.9. The first-order chi connectivity index (χ1) is 11.0. The van der Waals surface area contributed by atoms with Crippen LogP contribution in [0.2, 0.25) is 10.0 Å². The lowest BCUT2D eigenvalue weighted by atomic mass is 10.2. The van der Waals surface area contributed by atoms with Crippen LogP contribution in [0.15, 0.2) is 47.6 Å². The van der Waals surface area contributed by atoms with Crippen molar-refractivity contribution < 1.29 is 4.92 Å². The number of nitrogens with one attached hydrogen (secondary N) is 2. The molecule has 0 aliphatic carbocycles. The van der Waals surface area contributed by atoms with Crippen molar-refractivity contribution >= 4 is 58.1 Å². The lowest BCUT2D eigenvalue weighted by Crippen LogP contribution is -2.24. The van der Waals surface area contributed by atoms with Crippen LogP contribution in [0.3, 0.4) is 0 Å². The third kappa shape index (κ3) is 4.62. The lowest BCUT2D eigenvalue weighted by molar-refractivity contribution is -0.383. The summed E-state index contributed by atoms with van der Waals surface area (Å²) in [4.78, 5) is 10.4. The highest BCUT2D eigenvalue weighted by molar-refractivity contribution is 7.80. The van der Waals surface area contributed by atoms with E-state index in [1.54, 1.807) is 36.4 Å². The second kappa shape index (κ2) is 7.87. The summed E-state index contributed by atoms with van der Waals surface area (Å²) in [5, 5.41) is 18.4. The van der Waals surface area contributed by atoms with Crippen LogP contribution in [-0.2, 0) is 0 Å². The molecule has 2 N–H and O–H groups in total. The molecule has 0 aromatic heterocycles. The molecule has 118 valence electrons. The minimum absolute atomic E-state index is 0.0847. The predicted octanol–water partition coefficient (Wildman–Crippen LogP) is 4.22. The van der Waals surface area contributed by atoms with E-state index in [1.165, 1.54) is 12.3 Å². The van der Waals surface area contributed by atoms with Gasteiger partial charge in [0.2, 0.25) is 0 Å². The summed E-state index contributed by atoms with van der Waals surface area (Å²) >= 11 is 17.0. The van der Waals surface area contributed by atoms with Gasteiger partial charge in [0.15, 0.2) is 5.11 Å². The van der Waals surface area contributed by atoms with Crippen molar-refractivity contribution in [3.8, 4) is 0 Å². The zero-order valence-electron chi connectivity index (χ0n) is 11.5. The molecule has 9 heteroatoms. The SMILES string of the molecule is O=[N+]([O-])c1ccccc1NC(=S)N/N=C\c1cccc(Cl)c1Cl. The zero-order chi connectivity index (χ0) is 16.8. The number of thiocarbonyl (C=S) groups is 1. The molecule has 0 heterocycles. The van der Waals surface area contributed by atoms with Crippen molar-refractivity contribution in [3.63, 3.8) is 0 Å². The van der Waals surface area contributed by atoms with Crippen molar-refractivity contribution in [2.45, 2.75) is 0 Å². The van der Waals surface area contributed by atoms with Crippen LogP contribution in [0, 0.1) is 10.1 Å². The van der Waals surface area contributed by atoms with Crippen LogP contribution in [0.5, 0.6) is 0 Å². The molecular formula is C14H10Cl2N4O2S. The molecule has 2 aromatic carbocycles. The van der Waals surface area contributed by atoms with E-state index >= 15 is 0 Å². The second-order valence-electron chi connectivity index (χ2n) is 4.24. The maximum Gasteiger partial charge on any atom is 0.292 e. The Hall–Kier alpha value is -2.22. The Balaban J connectivity index is 2.02. The Kier molecular flexibility index (Phi) is 5.86. The largest absolute Gasteiger partial charge is 0.326 e. The van der Waals surface area contributed by atoms with E-state index in [1.807, 2.05) is 0 Å². The summed E-state index contributed by atoms with van der Waals surface area (Å²) < 4.78 is 0. The Morgan fingerprint density at radius 1 is 1.22 bits per heavy atom. The minimum Gasteiger partial charge on any atom is -0.326 e. The monoisotopic (exact) mass is 368 g/mol. The van der Waals surface area contributed by atoms with Crippen molar-refractivity contribution in [2.75, 3.05) is 5.32 Å². The van der Waals surface area contributed by atoms with Gasteiger partial charge in [0.05, 0.1) is 21.2 Å². The molecule has 0 spiro atoms. The number of hydrazone groups is 1. The summed E-state index contributed by atoms with van der Waals surface area (Å²) in [5.41, 5.74) is 3.35. The Morgan fingerprint density at radius 2 is 1.96 bits per heavy atom. The van der Waals surface area contributed by atoms with Crippen LogP contribution in [-0.4, -0.2) is 16.3 Å². The molecule has 23 heavy (non-hydrogen) atoms. The first-order valence-corrected chi connectivity index (χ1v) is 7.43. The standard InChI is InChI=1S/C14H10Cl2N4O2S/c15-10-5-3-4-9(13(10)16)8-17-19-14(23)18-11-6-1-2-7-12(11)20(21)22/h1-8H,(H2,18,19,23)/b17-8-. The van der Waals surface area contributed by atoms with E-state index in [9.17, 15) is 10.1 Å². The fourth-order valence-corrected chi connectivity index (χ4v) is 2.19. The zero-order valence-corrected chi connectivity index (χ0v) is 13.8. The van der Waals surface area contributed by atoms with Gasteiger partial charge < -0.3 is 5.32 Å². The first-order valence-electron chi connectivity index (χ1n) is 6.26. The fourth-order valence-electron chi connectivity index (χ4n) is 1.67. The van der Waals surface area contributed by atoms with Gasteiger partial charge in [-0.1, -0.05) is 47.5 Å². The number of hydrogen-bond donors (Lipinski definition) is 2. The number of benzene rings is 2. The normalized spacial score (nSPS) is 10.5. The van der Waals surface area contributed by atoms with Crippen LogP contribution in [0.25, 0.3) is 0 Å². The summed E-state index contributed by atoms with van der Waals surface area (Å²) in [7, 11) is 0. The Morgan fingerprint density at radius 3 is 2.70 bits per heavy atom. The number of hydrogen-bond acceptors (Lipinski definition) is 4. The molecule has 0 saturated carbocycles. The summed E-state index contributed by atoms with van der Waals surface area (Å²) in [5.74, 6) is 0. The summed E-state index contributed by atoms with van der Waals surface area (Å²) in [6.07, 6.45) is 1.45. The molecule has 0 atom stereocenters. The number of nitro benzene ring substituents is 1. The van der Waals surface area contributed by atoms with Crippen molar-refractivity contribution in [1.29, 1.82) is 0 Å². The number of para-hydroxylation sites is 2. The van der Waals surface area contributed by atoms with Gasteiger partial charge in [-0.3, -0.25) is 15.5 Å². The number of rotatable bonds is 4. The average Bonchev–Trinajstić information content (AvgIpc) is 2.52. The molecule has 0 unspecified atom stereocenters. The highest BCUT2D eigenvalue weighted by atomic mass is 35.5. The molecule has 2 aromatic rings. The van der Waals surface area contributed by atoms with Gasteiger partial charge in [-0.15, -0.1) is 0 Å². The number of nitrogens with zero attached hydrogens (tertiary/aromatic N) is 2. The Bertz CT molecular complexity index is 783. The van der Waals surface area contributed by atoms with Crippen LogP contribution >= 0.6 is 35.4 Å². The lowest BCUT2D eigenvalue weighted by Gasteiger charge is -2.07. The highest BCUT2D eigenvalue weighted by Gasteiger charge is 2.12. The van der Waals surface area contributed by atoms with E-state index in [0.29, 0.717) is 15.6 Å². The minimum atomic E-state index is -0.500. The van der Waals surface area contributed by atoms with Gasteiger partial charge in [0.25, 0.3) is 5.69 Å². The van der Waals surface area contributed by atoms with E-state index in [0.717, 1.165) is 0 Å². The van der Waals surface area contributed by atoms with Gasteiger partial charge in [-0.25, -0.2) is 0 Å². The quantitative estimate of drug-likeness (QED) is 0.365. The van der Waals surface area contributed by atoms with Gasteiger partial charge in [0, 0.05) is 11.6 Å². The second-order valence-corrected chi connectivity index (χ2v) is 5.43. The van der Waals surface area contributed by atoms with Gasteiger partial charge in [-0.05, 0) is 24.4 Å². The maximum atomic E-state index is 10.9. The van der Waals surface area contributed by atoms with Crippen LogP contribution in [0.1, 0.15) is 5.56 Å². The molecule has 0 aliphatic heterocycles. The van der Waals surface area contributed by atoms with E-state index in [-0.39, 0.29) is 16.5 Å². The molecule has 0 amide bonds. The summed E-state index contributed by atoms with van der Waals surface area (Å²) in [6, 6.07) is 11.3. The van der Waals surface area contributed by atoms with Gasteiger partial charge >= 0.3 is 0 Å². The molecule has 2 rings (SSSR count). The third-order valence-corrected chi connectivity index (χ3v) is 3.73. The smallest absolute Gasteiger partial charge is 0.292 e. The first kappa shape index (κ1) is 17.1. The number of halogens is 2. The summed E-state index contributed by atoms with van der Waals surface area (Å²) in [6.45, 7) is 0. The number of nitro groups is 1. The molecular weight excluding hydrogens is 359 g/mol. The number of anilines is 1. The topological polar surface area (TPSA) is 79.6 Å². The molecule has 6 nitrogen and oxygen atoms in total. The van der Waals surface area contributed by atoms with E-state index < -0.39 is 4.92 Å². The molecule has 0 radical (unpaired) electrons. The highest BCUT2D eigenvalue weighted by Crippen LogP contribution is 2.24. The Labute approximate surface area is 147 Å². The molecule has 0 fully saturated rings. The average molecular weight is 369 g/mol. The van der Waals surface area contributed by atoms with Gasteiger partial charge in [0.1, 0.15) is 5.69 Å². The fraction of sp³-hybridized carbons (Fsp3) is 0. The van der Waals surface area contributed by atoms with Crippen LogP contribution in [0.4, 0.5) is 11.4 Å². The molecule has 0 aliphatic rings. The van der Waals surface area contributed by atoms with Crippen molar-refractivity contribution in [1.82, 2.24) is 5.43 Å². The van der Waals surface area contributed by atoms with E-state index in [4.69, 9.17) is 35.4 Å². The van der Waals surface area contributed by atoms with Gasteiger partial charge in [-0.2, -0.15) is 5.10 Å². The molecule has 0 saturated heterocycles. The van der Waals surface area contributed by atoms with Crippen molar-refractivity contribution in [2.24, 2.45) is 5.10 Å².